The standard InChI is InChI=1S/C13H19ClO/c1-4-12(13(15)9(2)3)10-6-5-7-11(14)8-10/h5-9,12-13,15H,4H2,1-3H3. The Morgan fingerprint density at radius 3 is 2.47 bits per heavy atom. The van der Waals surface area contributed by atoms with Gasteiger partial charge in [0.15, 0.2) is 0 Å². The molecule has 2 unspecified atom stereocenters. The Balaban J connectivity index is 2.92. The fraction of sp³-hybridized carbons (Fsp3) is 0.538. The second-order valence-corrected chi connectivity index (χ2v) is 4.74. The highest BCUT2D eigenvalue weighted by Crippen LogP contribution is 2.28. The molecule has 1 aromatic rings. The zero-order valence-corrected chi connectivity index (χ0v) is 10.3. The lowest BCUT2D eigenvalue weighted by Crippen LogP contribution is -2.23. The van der Waals surface area contributed by atoms with Crippen LogP contribution >= 0.6 is 11.6 Å². The summed E-state index contributed by atoms with van der Waals surface area (Å²) >= 11 is 5.95. The largest absolute Gasteiger partial charge is 0.392 e. The number of hydrogen-bond acceptors (Lipinski definition) is 1. The lowest BCUT2D eigenvalue weighted by atomic mass is 9.85. The van der Waals surface area contributed by atoms with Gasteiger partial charge in [0.1, 0.15) is 0 Å². The SMILES string of the molecule is CCC(c1cccc(Cl)c1)C(O)C(C)C. The summed E-state index contributed by atoms with van der Waals surface area (Å²) in [5.41, 5.74) is 1.13. The minimum absolute atomic E-state index is 0.184. The van der Waals surface area contributed by atoms with Crippen molar-refractivity contribution in [3.63, 3.8) is 0 Å². The molecule has 2 atom stereocenters. The van der Waals surface area contributed by atoms with Crippen LogP contribution in [0.1, 0.15) is 38.7 Å². The van der Waals surface area contributed by atoms with Gasteiger partial charge in [-0.2, -0.15) is 0 Å². The molecule has 0 aromatic heterocycles. The smallest absolute Gasteiger partial charge is 0.0631 e. The summed E-state index contributed by atoms with van der Waals surface area (Å²) in [4.78, 5) is 0. The van der Waals surface area contributed by atoms with Crippen LogP contribution in [0.4, 0.5) is 0 Å². The molecule has 0 aliphatic heterocycles. The van der Waals surface area contributed by atoms with E-state index < -0.39 is 0 Å². The van der Waals surface area contributed by atoms with E-state index in [0.29, 0.717) is 0 Å². The minimum Gasteiger partial charge on any atom is -0.392 e. The molecule has 0 bridgehead atoms. The molecule has 0 amide bonds. The Bertz CT molecular complexity index is 309. The van der Waals surface area contributed by atoms with E-state index in [1.807, 2.05) is 38.1 Å². The second kappa shape index (κ2) is 5.53. The molecule has 0 radical (unpaired) electrons. The normalized spacial score (nSPS) is 15.3. The lowest BCUT2D eigenvalue weighted by Gasteiger charge is -2.25. The molecule has 1 aromatic carbocycles. The third-order valence-corrected chi connectivity index (χ3v) is 3.05. The van der Waals surface area contributed by atoms with Gasteiger partial charge in [-0.1, -0.05) is 44.5 Å². The highest BCUT2D eigenvalue weighted by molar-refractivity contribution is 6.30. The molecule has 0 fully saturated rings. The third kappa shape index (κ3) is 3.22. The first kappa shape index (κ1) is 12.5. The molecular weight excluding hydrogens is 208 g/mol. The Hall–Kier alpha value is -0.530. The monoisotopic (exact) mass is 226 g/mol. The van der Waals surface area contributed by atoms with Crippen molar-refractivity contribution < 1.29 is 5.11 Å². The number of aliphatic hydroxyl groups is 1. The highest BCUT2D eigenvalue weighted by Gasteiger charge is 2.22. The quantitative estimate of drug-likeness (QED) is 0.827. The van der Waals surface area contributed by atoms with Crippen LogP contribution in [0.2, 0.25) is 5.02 Å². The molecular formula is C13H19ClO. The minimum atomic E-state index is -0.298. The van der Waals surface area contributed by atoms with Gasteiger partial charge in [-0.3, -0.25) is 0 Å². The number of halogens is 1. The van der Waals surface area contributed by atoms with Crippen molar-refractivity contribution in [1.82, 2.24) is 0 Å². The van der Waals surface area contributed by atoms with Gasteiger partial charge in [0, 0.05) is 10.9 Å². The van der Waals surface area contributed by atoms with E-state index in [2.05, 4.69) is 6.92 Å². The van der Waals surface area contributed by atoms with Crippen molar-refractivity contribution in [1.29, 1.82) is 0 Å². The summed E-state index contributed by atoms with van der Waals surface area (Å²) in [5.74, 6) is 0.456. The molecule has 84 valence electrons. The molecule has 1 rings (SSSR count). The fourth-order valence-electron chi connectivity index (χ4n) is 1.88. The van der Waals surface area contributed by atoms with Gasteiger partial charge in [0.05, 0.1) is 6.10 Å². The van der Waals surface area contributed by atoms with Gasteiger partial charge in [-0.25, -0.2) is 0 Å². The van der Waals surface area contributed by atoms with Gasteiger partial charge in [-0.05, 0) is 30.0 Å². The Morgan fingerprint density at radius 1 is 1.33 bits per heavy atom. The predicted octanol–water partition coefficient (Wildman–Crippen LogP) is 3.85. The summed E-state index contributed by atoms with van der Waals surface area (Å²) in [5, 5.41) is 10.8. The van der Waals surface area contributed by atoms with Crippen molar-refractivity contribution in [3.05, 3.63) is 34.9 Å². The topological polar surface area (TPSA) is 20.2 Å². The van der Waals surface area contributed by atoms with Gasteiger partial charge in [0.25, 0.3) is 0 Å². The molecule has 0 heterocycles. The van der Waals surface area contributed by atoms with Crippen molar-refractivity contribution in [3.8, 4) is 0 Å². The summed E-state index contributed by atoms with van der Waals surface area (Å²) < 4.78 is 0. The predicted molar refractivity (Wildman–Crippen MR) is 65.3 cm³/mol. The van der Waals surface area contributed by atoms with Crippen LogP contribution < -0.4 is 0 Å². The van der Waals surface area contributed by atoms with Crippen molar-refractivity contribution in [2.24, 2.45) is 5.92 Å². The number of benzene rings is 1. The Morgan fingerprint density at radius 2 is 2.00 bits per heavy atom. The summed E-state index contributed by atoms with van der Waals surface area (Å²) in [6.07, 6.45) is 0.633. The first-order valence-corrected chi connectivity index (χ1v) is 5.87. The first-order chi connectivity index (χ1) is 7.06. The van der Waals surface area contributed by atoms with Crippen LogP contribution in [0, 0.1) is 5.92 Å². The van der Waals surface area contributed by atoms with Gasteiger partial charge < -0.3 is 5.11 Å². The van der Waals surface area contributed by atoms with Crippen LogP contribution in [0.25, 0.3) is 0 Å². The van der Waals surface area contributed by atoms with Crippen molar-refractivity contribution in [2.75, 3.05) is 0 Å². The van der Waals surface area contributed by atoms with Crippen LogP contribution in [0.15, 0.2) is 24.3 Å². The van der Waals surface area contributed by atoms with E-state index in [0.717, 1.165) is 17.0 Å². The molecule has 1 N–H and O–H groups in total. The van der Waals surface area contributed by atoms with E-state index in [1.54, 1.807) is 0 Å². The van der Waals surface area contributed by atoms with Crippen LogP contribution in [-0.4, -0.2) is 11.2 Å². The molecule has 2 heteroatoms. The van der Waals surface area contributed by atoms with E-state index in [-0.39, 0.29) is 17.9 Å². The molecule has 0 spiro atoms. The zero-order valence-electron chi connectivity index (χ0n) is 9.57. The van der Waals surface area contributed by atoms with Gasteiger partial charge in [0.2, 0.25) is 0 Å². The number of rotatable bonds is 4. The molecule has 0 saturated carbocycles. The third-order valence-electron chi connectivity index (χ3n) is 2.81. The Labute approximate surface area is 97.1 Å². The van der Waals surface area contributed by atoms with E-state index in [4.69, 9.17) is 11.6 Å². The number of aliphatic hydroxyl groups excluding tert-OH is 1. The maximum atomic E-state index is 10.1. The average Bonchev–Trinajstić information content (AvgIpc) is 2.18. The zero-order chi connectivity index (χ0) is 11.4. The maximum absolute atomic E-state index is 10.1. The second-order valence-electron chi connectivity index (χ2n) is 4.30. The molecule has 15 heavy (non-hydrogen) atoms. The van der Waals surface area contributed by atoms with E-state index in [9.17, 15) is 5.11 Å². The maximum Gasteiger partial charge on any atom is 0.0631 e. The van der Waals surface area contributed by atoms with Gasteiger partial charge in [-0.15, -0.1) is 0 Å². The van der Waals surface area contributed by atoms with Crippen LogP contribution in [-0.2, 0) is 0 Å². The van der Waals surface area contributed by atoms with Crippen LogP contribution in [0.3, 0.4) is 0 Å². The molecule has 0 aliphatic carbocycles. The molecule has 0 aliphatic rings. The average molecular weight is 227 g/mol. The molecule has 0 saturated heterocycles. The fourth-order valence-corrected chi connectivity index (χ4v) is 2.07. The van der Waals surface area contributed by atoms with E-state index >= 15 is 0 Å². The highest BCUT2D eigenvalue weighted by atomic mass is 35.5. The van der Waals surface area contributed by atoms with Gasteiger partial charge >= 0.3 is 0 Å². The summed E-state index contributed by atoms with van der Waals surface area (Å²) in [7, 11) is 0. The lowest BCUT2D eigenvalue weighted by molar-refractivity contribution is 0.0943. The van der Waals surface area contributed by atoms with Crippen molar-refractivity contribution in [2.45, 2.75) is 39.2 Å². The Kier molecular flexibility index (Phi) is 4.62. The summed E-state index contributed by atoms with van der Waals surface area (Å²) in [6, 6.07) is 7.78. The van der Waals surface area contributed by atoms with Crippen LogP contribution in [0.5, 0.6) is 0 Å². The first-order valence-electron chi connectivity index (χ1n) is 5.49. The van der Waals surface area contributed by atoms with E-state index in [1.165, 1.54) is 0 Å². The summed E-state index contributed by atoms with van der Waals surface area (Å²) in [6.45, 7) is 6.17. The molecule has 1 nitrogen and oxygen atoms in total. The van der Waals surface area contributed by atoms with Crippen molar-refractivity contribution >= 4 is 11.6 Å². The number of hydrogen-bond donors (Lipinski definition) is 1.